The van der Waals surface area contributed by atoms with Crippen LogP contribution in [0.2, 0.25) is 0 Å². The third kappa shape index (κ3) is 3.89. The van der Waals surface area contributed by atoms with E-state index in [0.29, 0.717) is 22.3 Å². The molecule has 0 bridgehead atoms. The average Bonchev–Trinajstić information content (AvgIpc) is 2.76. The Hall–Kier alpha value is -1.58. The zero-order valence-corrected chi connectivity index (χ0v) is 15.9. The van der Waals surface area contributed by atoms with E-state index in [2.05, 4.69) is 10.3 Å². The Morgan fingerprint density at radius 3 is 2.81 bits per heavy atom. The minimum absolute atomic E-state index is 0. The van der Waals surface area contributed by atoms with Crippen molar-refractivity contribution < 1.29 is 13.6 Å². The van der Waals surface area contributed by atoms with Crippen LogP contribution in [0.1, 0.15) is 40.3 Å². The number of aromatic nitrogens is 2. The maximum absolute atomic E-state index is 13.2. The van der Waals surface area contributed by atoms with E-state index < -0.39 is 24.9 Å². The zero-order valence-electron chi connectivity index (χ0n) is 14.3. The lowest BCUT2D eigenvalue weighted by Gasteiger charge is -2.14. The first-order valence-electron chi connectivity index (χ1n) is 8.23. The van der Waals surface area contributed by atoms with E-state index in [9.17, 15) is 18.4 Å². The van der Waals surface area contributed by atoms with Gasteiger partial charge in [-0.15, -0.1) is 23.7 Å². The quantitative estimate of drug-likeness (QED) is 0.814. The molecule has 0 aliphatic carbocycles. The highest BCUT2D eigenvalue weighted by atomic mass is 35.5. The maximum atomic E-state index is 13.2. The molecule has 0 saturated carbocycles. The van der Waals surface area contributed by atoms with Gasteiger partial charge in [0.1, 0.15) is 10.7 Å². The Kier molecular flexibility index (Phi) is 6.36. The van der Waals surface area contributed by atoms with Crippen LogP contribution in [0.25, 0.3) is 10.2 Å². The number of amides is 1. The molecular weight excluding hydrogens is 386 g/mol. The Bertz CT molecular complexity index is 881. The standard InChI is InChI=1S/C16H20F2N4O2S.ClH/c1-9-11-14(21-10-5-3-2-4-6-22(10)15(11)24)25-12(9)13(23)20-8-16(17,18)7-19;/h2-8,19H2,1H3,(H,20,23);1H. The number of hydrogen-bond donors (Lipinski definition) is 2. The molecule has 0 radical (unpaired) electrons. The molecule has 1 aliphatic heterocycles. The van der Waals surface area contributed by atoms with Crippen LogP contribution in [0.15, 0.2) is 4.79 Å². The molecule has 1 aliphatic rings. The normalized spacial score (nSPS) is 14.5. The van der Waals surface area contributed by atoms with E-state index in [-0.39, 0.29) is 22.8 Å². The molecule has 3 N–H and O–H groups in total. The predicted molar refractivity (Wildman–Crippen MR) is 99.8 cm³/mol. The summed E-state index contributed by atoms with van der Waals surface area (Å²) < 4.78 is 28.2. The number of halogens is 3. The minimum atomic E-state index is -3.16. The average molecular weight is 407 g/mol. The van der Waals surface area contributed by atoms with Crippen molar-refractivity contribution in [2.75, 3.05) is 13.1 Å². The lowest BCUT2D eigenvalue weighted by atomic mass is 10.2. The second-order valence-electron chi connectivity index (χ2n) is 6.27. The molecule has 26 heavy (non-hydrogen) atoms. The summed E-state index contributed by atoms with van der Waals surface area (Å²) in [7, 11) is 0. The van der Waals surface area contributed by atoms with Crippen molar-refractivity contribution in [3.8, 4) is 0 Å². The van der Waals surface area contributed by atoms with Crippen molar-refractivity contribution in [1.29, 1.82) is 0 Å². The number of carbonyl (C=O) groups is 1. The fourth-order valence-corrected chi connectivity index (χ4v) is 4.10. The lowest BCUT2D eigenvalue weighted by molar-refractivity contribution is 0.0119. The minimum Gasteiger partial charge on any atom is -0.345 e. The number of carbonyl (C=O) groups excluding carboxylic acids is 1. The van der Waals surface area contributed by atoms with Crippen molar-refractivity contribution in [2.45, 2.75) is 45.1 Å². The van der Waals surface area contributed by atoms with Gasteiger partial charge in [0, 0.05) is 13.0 Å². The maximum Gasteiger partial charge on any atom is 0.277 e. The molecule has 6 nitrogen and oxygen atoms in total. The highest BCUT2D eigenvalue weighted by Gasteiger charge is 2.29. The summed E-state index contributed by atoms with van der Waals surface area (Å²) in [6.45, 7) is 0.603. The third-order valence-corrected chi connectivity index (χ3v) is 5.61. The van der Waals surface area contributed by atoms with E-state index in [0.717, 1.165) is 42.8 Å². The van der Waals surface area contributed by atoms with Gasteiger partial charge in [-0.05, 0) is 25.3 Å². The number of aryl methyl sites for hydroxylation is 2. The summed E-state index contributed by atoms with van der Waals surface area (Å²) in [5.41, 5.74) is 5.31. The van der Waals surface area contributed by atoms with Gasteiger partial charge in [-0.3, -0.25) is 14.2 Å². The van der Waals surface area contributed by atoms with Gasteiger partial charge in [-0.25, -0.2) is 13.8 Å². The SMILES string of the molecule is Cc1c(C(=O)NCC(F)(F)CN)sc2nc3n(c(=O)c12)CCCCC3.Cl. The summed E-state index contributed by atoms with van der Waals surface area (Å²) in [5.74, 6) is -3.05. The highest BCUT2D eigenvalue weighted by molar-refractivity contribution is 7.20. The first-order chi connectivity index (χ1) is 11.8. The monoisotopic (exact) mass is 406 g/mol. The van der Waals surface area contributed by atoms with Crippen LogP contribution in [-0.2, 0) is 13.0 Å². The number of rotatable bonds is 4. The molecule has 0 aromatic carbocycles. The second-order valence-corrected chi connectivity index (χ2v) is 7.27. The predicted octanol–water partition coefficient (Wildman–Crippen LogP) is 2.24. The molecule has 0 unspecified atom stereocenters. The molecular formula is C16H21ClF2N4O2S. The summed E-state index contributed by atoms with van der Waals surface area (Å²) in [6, 6.07) is 0. The fourth-order valence-electron chi connectivity index (χ4n) is 2.99. The largest absolute Gasteiger partial charge is 0.345 e. The van der Waals surface area contributed by atoms with Crippen molar-refractivity contribution in [3.63, 3.8) is 0 Å². The summed E-state index contributed by atoms with van der Waals surface area (Å²) in [6.07, 6.45) is 3.68. The van der Waals surface area contributed by atoms with E-state index >= 15 is 0 Å². The molecule has 1 amide bonds. The van der Waals surface area contributed by atoms with Gasteiger partial charge in [-0.2, -0.15) is 0 Å². The van der Waals surface area contributed by atoms with Gasteiger partial charge in [0.05, 0.1) is 23.4 Å². The van der Waals surface area contributed by atoms with E-state index in [4.69, 9.17) is 5.73 Å². The molecule has 0 spiro atoms. The number of nitrogens with zero attached hydrogens (tertiary/aromatic N) is 2. The fraction of sp³-hybridized carbons (Fsp3) is 0.562. The first kappa shape index (κ1) is 20.7. The van der Waals surface area contributed by atoms with Gasteiger partial charge >= 0.3 is 0 Å². The Labute approximate surface area is 159 Å². The van der Waals surface area contributed by atoms with E-state index in [1.807, 2.05) is 0 Å². The zero-order chi connectivity index (χ0) is 18.2. The third-order valence-electron chi connectivity index (χ3n) is 4.42. The van der Waals surface area contributed by atoms with Crippen LogP contribution < -0.4 is 16.6 Å². The molecule has 3 rings (SSSR count). The molecule has 0 fully saturated rings. The van der Waals surface area contributed by atoms with Gasteiger partial charge in [0.25, 0.3) is 17.4 Å². The number of fused-ring (bicyclic) bond motifs is 2. The Morgan fingerprint density at radius 1 is 1.38 bits per heavy atom. The summed E-state index contributed by atoms with van der Waals surface area (Å²) in [5, 5.41) is 2.60. The van der Waals surface area contributed by atoms with Crippen LogP contribution >= 0.6 is 23.7 Å². The Morgan fingerprint density at radius 2 is 2.12 bits per heavy atom. The van der Waals surface area contributed by atoms with Crippen molar-refractivity contribution >= 4 is 39.9 Å². The number of thiophene rings is 1. The van der Waals surface area contributed by atoms with Crippen LogP contribution in [0.5, 0.6) is 0 Å². The van der Waals surface area contributed by atoms with E-state index in [1.165, 1.54) is 0 Å². The highest BCUT2D eigenvalue weighted by Crippen LogP contribution is 2.28. The van der Waals surface area contributed by atoms with Crippen molar-refractivity contribution in [2.24, 2.45) is 5.73 Å². The summed E-state index contributed by atoms with van der Waals surface area (Å²) in [4.78, 5) is 30.4. The van der Waals surface area contributed by atoms with Crippen LogP contribution in [0.3, 0.4) is 0 Å². The molecule has 144 valence electrons. The molecule has 0 saturated heterocycles. The molecule has 2 aromatic rings. The number of nitrogens with two attached hydrogens (primary N) is 1. The topological polar surface area (TPSA) is 90.0 Å². The summed E-state index contributed by atoms with van der Waals surface area (Å²) >= 11 is 1.07. The van der Waals surface area contributed by atoms with E-state index in [1.54, 1.807) is 11.5 Å². The second kappa shape index (κ2) is 7.98. The Balaban J connectivity index is 0.00000243. The van der Waals surface area contributed by atoms with Crippen molar-refractivity contribution in [1.82, 2.24) is 14.9 Å². The molecule has 3 heterocycles. The molecule has 10 heteroatoms. The first-order valence-corrected chi connectivity index (χ1v) is 9.04. The van der Waals surface area contributed by atoms with Crippen LogP contribution in [0.4, 0.5) is 8.78 Å². The van der Waals surface area contributed by atoms with Crippen LogP contribution in [-0.4, -0.2) is 34.5 Å². The number of nitrogens with one attached hydrogen (secondary N) is 1. The van der Waals surface area contributed by atoms with Gasteiger partial charge in [0.15, 0.2) is 0 Å². The van der Waals surface area contributed by atoms with Gasteiger partial charge < -0.3 is 11.1 Å². The van der Waals surface area contributed by atoms with Gasteiger partial charge in [0.2, 0.25) is 0 Å². The van der Waals surface area contributed by atoms with Crippen molar-refractivity contribution in [3.05, 3.63) is 26.6 Å². The number of alkyl halides is 2. The van der Waals surface area contributed by atoms with Gasteiger partial charge in [-0.1, -0.05) is 6.42 Å². The lowest BCUT2D eigenvalue weighted by Crippen LogP contribution is -2.41. The molecule has 0 atom stereocenters. The molecule has 2 aromatic heterocycles. The number of hydrogen-bond acceptors (Lipinski definition) is 5. The van der Waals surface area contributed by atoms with Crippen LogP contribution in [0, 0.1) is 6.92 Å². The smallest absolute Gasteiger partial charge is 0.277 e.